The molecule has 140 valence electrons. The molecule has 2 aliphatic rings. The summed E-state index contributed by atoms with van der Waals surface area (Å²) in [5.74, 6) is 0.428. The maximum absolute atomic E-state index is 12.9. The Labute approximate surface area is 159 Å². The molecule has 5 heteroatoms. The third kappa shape index (κ3) is 3.68. The molecule has 2 aromatic rings. The van der Waals surface area contributed by atoms with Gasteiger partial charge in [0, 0.05) is 30.6 Å². The molecule has 0 spiro atoms. The highest BCUT2D eigenvalue weighted by Gasteiger charge is 2.42. The number of likely N-dealkylation sites (tertiary alicyclic amines) is 1. The van der Waals surface area contributed by atoms with Gasteiger partial charge in [-0.1, -0.05) is 36.4 Å². The lowest BCUT2D eigenvalue weighted by Gasteiger charge is -2.20. The Morgan fingerprint density at radius 2 is 1.70 bits per heavy atom. The lowest BCUT2D eigenvalue weighted by atomic mass is 9.87. The van der Waals surface area contributed by atoms with Crippen LogP contribution in [0.2, 0.25) is 0 Å². The van der Waals surface area contributed by atoms with Crippen LogP contribution in [0.4, 0.5) is 0 Å². The molecule has 1 aliphatic heterocycles. The maximum Gasteiger partial charge on any atom is 0.253 e. The van der Waals surface area contributed by atoms with E-state index < -0.39 is 0 Å². The van der Waals surface area contributed by atoms with Crippen molar-refractivity contribution in [2.45, 2.75) is 24.8 Å². The molecule has 5 nitrogen and oxygen atoms in total. The van der Waals surface area contributed by atoms with Crippen molar-refractivity contribution in [3.8, 4) is 5.75 Å². The fraction of sp³-hybridized carbons (Fsp3) is 0.364. The second kappa shape index (κ2) is 7.43. The molecule has 1 saturated carbocycles. The lowest BCUT2D eigenvalue weighted by molar-refractivity contribution is -0.125. The van der Waals surface area contributed by atoms with Gasteiger partial charge in [0.05, 0.1) is 13.0 Å². The average molecular weight is 364 g/mol. The van der Waals surface area contributed by atoms with Gasteiger partial charge >= 0.3 is 0 Å². The molecule has 0 bridgehead atoms. The topological polar surface area (TPSA) is 58.6 Å². The second-order valence-corrected chi connectivity index (χ2v) is 7.31. The minimum Gasteiger partial charge on any atom is -0.496 e. The molecule has 2 aromatic carbocycles. The summed E-state index contributed by atoms with van der Waals surface area (Å²) in [6, 6.07) is 17.3. The highest BCUT2D eigenvalue weighted by atomic mass is 16.5. The number of hydrogen-bond acceptors (Lipinski definition) is 3. The first kappa shape index (κ1) is 17.6. The summed E-state index contributed by atoms with van der Waals surface area (Å²) in [5, 5.41) is 3.11. The summed E-state index contributed by atoms with van der Waals surface area (Å²) >= 11 is 0. The Kier molecular flexibility index (Phi) is 4.84. The van der Waals surface area contributed by atoms with E-state index in [2.05, 4.69) is 5.32 Å². The van der Waals surface area contributed by atoms with Crippen LogP contribution >= 0.6 is 0 Å². The minimum absolute atomic E-state index is 0.0304. The number of nitrogens with zero attached hydrogens (tertiary/aromatic N) is 1. The van der Waals surface area contributed by atoms with Crippen LogP contribution in [-0.4, -0.2) is 43.0 Å². The van der Waals surface area contributed by atoms with Gasteiger partial charge in [0.2, 0.25) is 5.91 Å². The van der Waals surface area contributed by atoms with E-state index in [0.29, 0.717) is 24.7 Å². The standard InChI is InChI=1S/C22H24N2O3/c1-27-20-10-6-5-9-17(20)18-13-24(22(26)15-7-3-2-4-8-15)14-19(18)21(25)23-16-11-12-16/h2-10,16,18-19H,11-14H2,1H3,(H,23,25)/t18-,19+/m0/s1. The molecule has 4 rings (SSSR count). The van der Waals surface area contributed by atoms with Crippen LogP contribution in [0.3, 0.4) is 0 Å². The normalized spacial score (nSPS) is 21.7. The first-order valence-electron chi connectivity index (χ1n) is 9.45. The Balaban J connectivity index is 1.62. The number of carbonyl (C=O) groups excluding carboxylic acids is 2. The van der Waals surface area contributed by atoms with Crippen molar-refractivity contribution in [1.82, 2.24) is 10.2 Å². The average Bonchev–Trinajstić information content (AvgIpc) is 3.42. The van der Waals surface area contributed by atoms with Crippen molar-refractivity contribution in [3.05, 3.63) is 65.7 Å². The number of rotatable bonds is 5. The van der Waals surface area contributed by atoms with Gasteiger partial charge in [-0.05, 0) is 36.6 Å². The quantitative estimate of drug-likeness (QED) is 0.888. The van der Waals surface area contributed by atoms with E-state index in [9.17, 15) is 9.59 Å². The molecule has 1 heterocycles. The molecule has 2 fully saturated rings. The van der Waals surface area contributed by atoms with Crippen molar-refractivity contribution < 1.29 is 14.3 Å². The minimum atomic E-state index is -0.269. The van der Waals surface area contributed by atoms with Crippen LogP contribution in [0.1, 0.15) is 34.7 Å². The predicted octanol–water partition coefficient (Wildman–Crippen LogP) is 2.83. The van der Waals surface area contributed by atoms with Crippen molar-refractivity contribution >= 4 is 11.8 Å². The highest BCUT2D eigenvalue weighted by molar-refractivity contribution is 5.95. The van der Waals surface area contributed by atoms with Gasteiger partial charge in [-0.25, -0.2) is 0 Å². The van der Waals surface area contributed by atoms with Gasteiger partial charge in [0.1, 0.15) is 5.75 Å². The summed E-state index contributed by atoms with van der Waals surface area (Å²) in [7, 11) is 1.64. The summed E-state index contributed by atoms with van der Waals surface area (Å²) in [6.45, 7) is 0.936. The van der Waals surface area contributed by atoms with Crippen molar-refractivity contribution in [1.29, 1.82) is 0 Å². The number of carbonyl (C=O) groups is 2. The number of benzene rings is 2. The van der Waals surface area contributed by atoms with E-state index in [0.717, 1.165) is 24.2 Å². The zero-order chi connectivity index (χ0) is 18.8. The van der Waals surface area contributed by atoms with Gasteiger partial charge < -0.3 is 15.0 Å². The van der Waals surface area contributed by atoms with Gasteiger partial charge in [-0.3, -0.25) is 9.59 Å². The molecular formula is C22H24N2O3. The zero-order valence-corrected chi connectivity index (χ0v) is 15.4. The lowest BCUT2D eigenvalue weighted by Crippen LogP contribution is -2.36. The number of hydrogen-bond donors (Lipinski definition) is 1. The molecule has 1 saturated heterocycles. The van der Waals surface area contributed by atoms with E-state index in [1.807, 2.05) is 54.6 Å². The van der Waals surface area contributed by atoms with E-state index in [1.54, 1.807) is 12.0 Å². The maximum atomic E-state index is 12.9. The Hall–Kier alpha value is -2.82. The molecule has 1 N–H and O–H groups in total. The Bertz CT molecular complexity index is 832. The Morgan fingerprint density at radius 1 is 1.00 bits per heavy atom. The molecular weight excluding hydrogens is 340 g/mol. The third-order valence-electron chi connectivity index (χ3n) is 5.43. The van der Waals surface area contributed by atoms with E-state index in [-0.39, 0.29) is 23.7 Å². The van der Waals surface area contributed by atoms with Crippen LogP contribution in [0.15, 0.2) is 54.6 Å². The van der Waals surface area contributed by atoms with Crippen molar-refractivity contribution in [3.63, 3.8) is 0 Å². The second-order valence-electron chi connectivity index (χ2n) is 7.31. The number of nitrogens with one attached hydrogen (secondary N) is 1. The number of ether oxygens (including phenoxy) is 1. The van der Waals surface area contributed by atoms with E-state index in [4.69, 9.17) is 4.74 Å². The first-order valence-corrected chi connectivity index (χ1v) is 9.45. The van der Waals surface area contributed by atoms with Crippen molar-refractivity contribution in [2.75, 3.05) is 20.2 Å². The van der Waals surface area contributed by atoms with Gasteiger partial charge in [0.15, 0.2) is 0 Å². The summed E-state index contributed by atoms with van der Waals surface area (Å²) in [4.78, 5) is 27.6. The summed E-state index contributed by atoms with van der Waals surface area (Å²) < 4.78 is 5.52. The van der Waals surface area contributed by atoms with Crippen LogP contribution < -0.4 is 10.1 Å². The Morgan fingerprint density at radius 3 is 2.41 bits per heavy atom. The van der Waals surface area contributed by atoms with E-state index >= 15 is 0 Å². The van der Waals surface area contributed by atoms with Crippen LogP contribution in [0, 0.1) is 5.92 Å². The van der Waals surface area contributed by atoms with Crippen LogP contribution in [-0.2, 0) is 4.79 Å². The van der Waals surface area contributed by atoms with Gasteiger partial charge in [-0.2, -0.15) is 0 Å². The van der Waals surface area contributed by atoms with Crippen LogP contribution in [0.25, 0.3) is 0 Å². The molecule has 0 aromatic heterocycles. The molecule has 27 heavy (non-hydrogen) atoms. The fourth-order valence-electron chi connectivity index (χ4n) is 3.82. The van der Waals surface area contributed by atoms with Crippen molar-refractivity contribution in [2.24, 2.45) is 5.92 Å². The molecule has 2 amide bonds. The van der Waals surface area contributed by atoms with Gasteiger partial charge in [-0.15, -0.1) is 0 Å². The largest absolute Gasteiger partial charge is 0.496 e. The van der Waals surface area contributed by atoms with E-state index in [1.165, 1.54) is 0 Å². The summed E-state index contributed by atoms with van der Waals surface area (Å²) in [5.41, 5.74) is 1.64. The molecule has 1 aliphatic carbocycles. The van der Waals surface area contributed by atoms with Crippen LogP contribution in [0.5, 0.6) is 5.75 Å². The number of para-hydroxylation sites is 1. The highest BCUT2D eigenvalue weighted by Crippen LogP contribution is 2.38. The van der Waals surface area contributed by atoms with Gasteiger partial charge in [0.25, 0.3) is 5.91 Å². The predicted molar refractivity (Wildman–Crippen MR) is 103 cm³/mol. The zero-order valence-electron chi connectivity index (χ0n) is 15.4. The third-order valence-corrected chi connectivity index (χ3v) is 5.43. The number of amides is 2. The fourth-order valence-corrected chi connectivity index (χ4v) is 3.82. The summed E-state index contributed by atoms with van der Waals surface area (Å²) in [6.07, 6.45) is 2.09. The smallest absolute Gasteiger partial charge is 0.253 e. The SMILES string of the molecule is COc1ccccc1[C@@H]1CN(C(=O)c2ccccc2)C[C@H]1C(=O)NC1CC1. The number of methoxy groups -OCH3 is 1. The monoisotopic (exact) mass is 364 g/mol. The molecule has 0 unspecified atom stereocenters. The molecule has 0 radical (unpaired) electrons. The molecule has 2 atom stereocenters. The first-order chi connectivity index (χ1) is 13.2.